The molecule has 1 aromatic rings. The van der Waals surface area contributed by atoms with Gasteiger partial charge in [0.2, 0.25) is 0 Å². The first-order valence-corrected chi connectivity index (χ1v) is 13.5. The molecule has 1 saturated heterocycles. The summed E-state index contributed by atoms with van der Waals surface area (Å²) in [5, 5.41) is 17.6. The van der Waals surface area contributed by atoms with E-state index in [1.807, 2.05) is 11.9 Å². The molecule has 1 saturated carbocycles. The number of carbonyl (C=O) groups excluding carboxylic acids is 1. The Kier molecular flexibility index (Phi) is 11.5. The summed E-state index contributed by atoms with van der Waals surface area (Å²) in [5.41, 5.74) is 0.717. The van der Waals surface area contributed by atoms with E-state index in [0.717, 1.165) is 25.8 Å². The van der Waals surface area contributed by atoms with Crippen LogP contribution in [0.2, 0.25) is 5.02 Å². The van der Waals surface area contributed by atoms with E-state index in [2.05, 4.69) is 16.0 Å². The molecule has 2 fully saturated rings. The number of urea groups is 1. The zero-order valence-electron chi connectivity index (χ0n) is 21.1. The molecular formula is C26H40ClFN4O4. The Labute approximate surface area is 218 Å². The molecule has 3 unspecified atom stereocenters. The Morgan fingerprint density at radius 2 is 2.00 bits per heavy atom. The number of amides is 3. The summed E-state index contributed by atoms with van der Waals surface area (Å²) in [5.74, 6) is 0.119. The number of carbonyl (C=O) groups is 2. The highest BCUT2D eigenvalue weighted by molar-refractivity contribution is 6.30. The maximum Gasteiger partial charge on any atom is 0.404 e. The molecule has 1 heterocycles. The minimum Gasteiger partial charge on any atom is -0.465 e. The first-order valence-electron chi connectivity index (χ1n) is 13.1. The smallest absolute Gasteiger partial charge is 0.404 e. The standard InChI is InChI=1S/C26H40ClFN4O4/c1-29-16-21(14-18-6-3-2-4-7-18)31-25(33)32-12-5-8-20(17-32)24(36-13-11-30-26(34)35)19-9-10-23(28)22(27)15-19/h9-10,15,18,20-21,24,29-30H,2-8,11-14,16-17H2,1H3,(H,31,33)(H,34,35). The maximum atomic E-state index is 13.8. The van der Waals surface area contributed by atoms with E-state index in [-0.39, 0.29) is 36.2 Å². The summed E-state index contributed by atoms with van der Waals surface area (Å²) >= 11 is 6.04. The quantitative estimate of drug-likeness (QED) is 0.311. The summed E-state index contributed by atoms with van der Waals surface area (Å²) in [6, 6.07) is 4.51. The lowest BCUT2D eigenvalue weighted by atomic mass is 9.85. The number of rotatable bonds is 11. The number of ether oxygens (including phenoxy) is 1. The lowest BCUT2D eigenvalue weighted by molar-refractivity contribution is -0.00854. The lowest BCUT2D eigenvalue weighted by Gasteiger charge is -2.38. The molecule has 0 bridgehead atoms. The highest BCUT2D eigenvalue weighted by Gasteiger charge is 2.32. The van der Waals surface area contributed by atoms with Crippen molar-refractivity contribution in [1.82, 2.24) is 20.9 Å². The van der Waals surface area contributed by atoms with Crippen LogP contribution in [0, 0.1) is 17.7 Å². The van der Waals surface area contributed by atoms with Crippen LogP contribution in [0.1, 0.15) is 63.0 Å². The third kappa shape index (κ3) is 8.78. The Morgan fingerprint density at radius 1 is 1.22 bits per heavy atom. The van der Waals surface area contributed by atoms with Gasteiger partial charge in [0, 0.05) is 38.1 Å². The van der Waals surface area contributed by atoms with Gasteiger partial charge in [-0.3, -0.25) is 0 Å². The zero-order valence-corrected chi connectivity index (χ0v) is 21.9. The monoisotopic (exact) mass is 526 g/mol. The summed E-state index contributed by atoms with van der Waals surface area (Å²) in [4.78, 5) is 25.9. The van der Waals surface area contributed by atoms with Gasteiger partial charge in [0.15, 0.2) is 0 Å². The van der Waals surface area contributed by atoms with E-state index in [4.69, 9.17) is 21.4 Å². The van der Waals surface area contributed by atoms with E-state index < -0.39 is 18.0 Å². The van der Waals surface area contributed by atoms with Crippen LogP contribution in [0.3, 0.4) is 0 Å². The average Bonchev–Trinajstić information content (AvgIpc) is 2.86. The number of likely N-dealkylation sites (N-methyl/N-ethyl adjacent to an activating group) is 1. The largest absolute Gasteiger partial charge is 0.465 e. The summed E-state index contributed by atoms with van der Waals surface area (Å²) in [6.07, 6.45) is 7.40. The van der Waals surface area contributed by atoms with Crippen LogP contribution in [0.25, 0.3) is 0 Å². The van der Waals surface area contributed by atoms with Crippen LogP contribution in [0.5, 0.6) is 0 Å². The Bertz CT molecular complexity index is 855. The van der Waals surface area contributed by atoms with Crippen LogP contribution in [0.15, 0.2) is 18.2 Å². The number of nitrogens with one attached hydrogen (secondary N) is 3. The molecule has 1 aromatic carbocycles. The summed E-state index contributed by atoms with van der Waals surface area (Å²) in [6.45, 7) is 2.17. The molecule has 8 nitrogen and oxygen atoms in total. The number of likely N-dealkylation sites (tertiary alicyclic amines) is 1. The summed E-state index contributed by atoms with van der Waals surface area (Å²) in [7, 11) is 1.91. The van der Waals surface area contributed by atoms with E-state index in [1.165, 1.54) is 38.2 Å². The fourth-order valence-electron chi connectivity index (χ4n) is 5.51. The molecule has 3 rings (SSSR count). The van der Waals surface area contributed by atoms with Crippen molar-refractivity contribution in [1.29, 1.82) is 0 Å². The topological polar surface area (TPSA) is 103 Å². The third-order valence-corrected chi connectivity index (χ3v) is 7.53. The van der Waals surface area contributed by atoms with Crippen LogP contribution < -0.4 is 16.0 Å². The molecule has 0 radical (unpaired) electrons. The second-order valence-corrected chi connectivity index (χ2v) is 10.4. The SMILES string of the molecule is CNCC(CC1CCCCC1)NC(=O)N1CCCC(C(OCCNC(=O)O)c2ccc(F)c(Cl)c2)C1. The summed E-state index contributed by atoms with van der Waals surface area (Å²) < 4.78 is 19.9. The molecule has 36 heavy (non-hydrogen) atoms. The van der Waals surface area contributed by atoms with Crippen molar-refractivity contribution < 1.29 is 23.8 Å². The highest BCUT2D eigenvalue weighted by Crippen LogP contribution is 2.34. The van der Waals surface area contributed by atoms with Crippen LogP contribution in [-0.2, 0) is 4.74 Å². The molecule has 0 aromatic heterocycles. The fraction of sp³-hybridized carbons (Fsp3) is 0.692. The third-order valence-electron chi connectivity index (χ3n) is 7.24. The molecule has 1 aliphatic heterocycles. The maximum absolute atomic E-state index is 13.8. The molecule has 3 atom stereocenters. The van der Waals surface area contributed by atoms with Gasteiger partial charge in [-0.25, -0.2) is 14.0 Å². The second-order valence-electron chi connectivity index (χ2n) is 9.99. The predicted molar refractivity (Wildman–Crippen MR) is 138 cm³/mol. The van der Waals surface area contributed by atoms with Gasteiger partial charge in [-0.15, -0.1) is 0 Å². The van der Waals surface area contributed by atoms with Gasteiger partial charge in [0.25, 0.3) is 0 Å². The Hall–Kier alpha value is -2.10. The molecule has 3 amide bonds. The van der Waals surface area contributed by atoms with E-state index in [0.29, 0.717) is 24.6 Å². The Balaban J connectivity index is 1.65. The van der Waals surface area contributed by atoms with Crippen LogP contribution in [0.4, 0.5) is 14.0 Å². The van der Waals surface area contributed by atoms with Gasteiger partial charge in [-0.1, -0.05) is 49.8 Å². The van der Waals surface area contributed by atoms with Crippen molar-refractivity contribution in [2.75, 3.05) is 39.8 Å². The lowest BCUT2D eigenvalue weighted by Crippen LogP contribution is -2.52. The molecule has 10 heteroatoms. The average molecular weight is 527 g/mol. The zero-order chi connectivity index (χ0) is 25.9. The molecular weight excluding hydrogens is 487 g/mol. The predicted octanol–water partition coefficient (Wildman–Crippen LogP) is 4.78. The minimum absolute atomic E-state index is 0.00721. The van der Waals surface area contributed by atoms with Crippen molar-refractivity contribution in [3.05, 3.63) is 34.6 Å². The normalized spacial score (nSPS) is 20.5. The number of hydrogen-bond acceptors (Lipinski definition) is 4. The van der Waals surface area contributed by atoms with E-state index >= 15 is 0 Å². The van der Waals surface area contributed by atoms with Gasteiger partial charge in [-0.2, -0.15) is 0 Å². The number of nitrogens with zero attached hydrogens (tertiary/aromatic N) is 1. The number of hydrogen-bond donors (Lipinski definition) is 4. The van der Waals surface area contributed by atoms with Gasteiger partial charge in [0.05, 0.1) is 17.7 Å². The van der Waals surface area contributed by atoms with E-state index in [9.17, 15) is 14.0 Å². The number of benzene rings is 1. The second kappa shape index (κ2) is 14.6. The van der Waals surface area contributed by atoms with Gasteiger partial charge >= 0.3 is 12.1 Å². The van der Waals surface area contributed by atoms with E-state index in [1.54, 1.807) is 12.1 Å². The Morgan fingerprint density at radius 3 is 2.69 bits per heavy atom. The van der Waals surface area contributed by atoms with Crippen LogP contribution >= 0.6 is 11.6 Å². The number of carboxylic acid groups (broad SMARTS) is 1. The van der Waals surface area contributed by atoms with Crippen molar-refractivity contribution in [3.8, 4) is 0 Å². The van der Waals surface area contributed by atoms with Crippen LogP contribution in [-0.4, -0.2) is 68.0 Å². The number of halogens is 2. The van der Waals surface area contributed by atoms with Crippen molar-refractivity contribution in [3.63, 3.8) is 0 Å². The minimum atomic E-state index is -1.12. The van der Waals surface area contributed by atoms with Gasteiger partial charge in [-0.05, 0) is 49.9 Å². The molecule has 202 valence electrons. The van der Waals surface area contributed by atoms with Crippen molar-refractivity contribution in [2.24, 2.45) is 11.8 Å². The van der Waals surface area contributed by atoms with Crippen molar-refractivity contribution >= 4 is 23.7 Å². The van der Waals surface area contributed by atoms with Gasteiger partial charge < -0.3 is 30.7 Å². The molecule has 4 N–H and O–H groups in total. The highest BCUT2D eigenvalue weighted by atomic mass is 35.5. The fourth-order valence-corrected chi connectivity index (χ4v) is 5.70. The van der Waals surface area contributed by atoms with Crippen molar-refractivity contribution in [2.45, 2.75) is 63.5 Å². The molecule has 0 spiro atoms. The first-order chi connectivity index (χ1) is 17.4. The molecule has 1 aliphatic carbocycles. The number of piperidine rings is 1. The first kappa shape index (κ1) is 28.5. The van der Waals surface area contributed by atoms with Gasteiger partial charge in [0.1, 0.15) is 5.82 Å². The molecule has 2 aliphatic rings.